The van der Waals surface area contributed by atoms with E-state index in [0.717, 1.165) is 22.4 Å². The minimum atomic E-state index is 0.543. The Morgan fingerprint density at radius 2 is 1.88 bits per heavy atom. The summed E-state index contributed by atoms with van der Waals surface area (Å²) in [6.45, 7) is 9.21. The van der Waals surface area contributed by atoms with Gasteiger partial charge in [-0.25, -0.2) is 0 Å². The van der Waals surface area contributed by atoms with Crippen LogP contribution < -0.4 is 4.74 Å². The van der Waals surface area contributed by atoms with Crippen molar-refractivity contribution < 1.29 is 9.47 Å². The number of benzene rings is 1. The van der Waals surface area contributed by atoms with Gasteiger partial charge in [0, 0.05) is 11.1 Å². The lowest BCUT2D eigenvalue weighted by molar-refractivity contribution is 0.330. The molecule has 0 N–H and O–H groups in total. The van der Waals surface area contributed by atoms with Gasteiger partial charge in [-0.1, -0.05) is 6.07 Å². The van der Waals surface area contributed by atoms with E-state index in [-0.39, 0.29) is 0 Å². The fraction of sp³-hybridized carbons (Fsp3) is 0.462. The summed E-state index contributed by atoms with van der Waals surface area (Å²) in [7, 11) is 0. The van der Waals surface area contributed by atoms with Crippen LogP contribution in [0.15, 0.2) is 12.1 Å². The first-order valence-electron chi connectivity index (χ1n) is 5.51. The molecule has 2 nitrogen and oxygen atoms in total. The zero-order valence-electron chi connectivity index (χ0n) is 10.3. The summed E-state index contributed by atoms with van der Waals surface area (Å²) < 4.78 is 11.0. The van der Waals surface area contributed by atoms with Gasteiger partial charge in [-0.15, -0.1) is 0 Å². The molecule has 0 atom stereocenters. The van der Waals surface area contributed by atoms with Crippen molar-refractivity contribution >= 4 is 17.3 Å². The van der Waals surface area contributed by atoms with Crippen LogP contribution in [-0.2, 0) is 4.74 Å². The van der Waals surface area contributed by atoms with E-state index >= 15 is 0 Å². The maximum Gasteiger partial charge on any atom is 0.191 e. The van der Waals surface area contributed by atoms with Crippen LogP contribution in [0, 0.1) is 13.8 Å². The third-order valence-electron chi connectivity index (χ3n) is 2.39. The van der Waals surface area contributed by atoms with E-state index in [1.165, 1.54) is 0 Å². The summed E-state index contributed by atoms with van der Waals surface area (Å²) in [5.74, 6) is 0.919. The van der Waals surface area contributed by atoms with Gasteiger partial charge in [-0.3, -0.25) is 0 Å². The van der Waals surface area contributed by atoms with Crippen LogP contribution in [0.1, 0.15) is 30.5 Å². The van der Waals surface area contributed by atoms with Gasteiger partial charge in [0.1, 0.15) is 5.75 Å². The van der Waals surface area contributed by atoms with Crippen LogP contribution in [0.5, 0.6) is 5.75 Å². The Bertz CT molecular complexity index is 386. The highest BCUT2D eigenvalue weighted by Crippen LogP contribution is 2.26. The van der Waals surface area contributed by atoms with Crippen LogP contribution in [0.25, 0.3) is 0 Å². The fourth-order valence-electron chi connectivity index (χ4n) is 1.62. The van der Waals surface area contributed by atoms with Crippen molar-refractivity contribution in [2.45, 2.75) is 27.7 Å². The highest BCUT2D eigenvalue weighted by Gasteiger charge is 2.12. The average Bonchev–Trinajstić information content (AvgIpc) is 2.24. The molecule has 0 bridgehead atoms. The topological polar surface area (TPSA) is 18.5 Å². The summed E-state index contributed by atoms with van der Waals surface area (Å²) in [6.07, 6.45) is 0. The highest BCUT2D eigenvalue weighted by atomic mass is 32.1. The van der Waals surface area contributed by atoms with E-state index in [1.54, 1.807) is 0 Å². The van der Waals surface area contributed by atoms with Crippen LogP contribution in [-0.4, -0.2) is 18.3 Å². The van der Waals surface area contributed by atoms with Gasteiger partial charge in [0.15, 0.2) is 5.05 Å². The van der Waals surface area contributed by atoms with Crippen LogP contribution in [0.2, 0.25) is 0 Å². The molecule has 0 saturated heterocycles. The molecule has 0 heterocycles. The number of ether oxygens (including phenoxy) is 2. The SMILES string of the molecule is CCOC(=S)c1ccc(C)c(OCC)c1C. The van der Waals surface area contributed by atoms with Crippen molar-refractivity contribution in [3.63, 3.8) is 0 Å². The van der Waals surface area contributed by atoms with E-state index in [4.69, 9.17) is 21.7 Å². The molecule has 1 aromatic carbocycles. The Morgan fingerprint density at radius 1 is 1.19 bits per heavy atom. The van der Waals surface area contributed by atoms with Crippen molar-refractivity contribution in [1.29, 1.82) is 0 Å². The molecule has 1 aromatic rings. The predicted octanol–water partition coefficient (Wildman–Crippen LogP) is 3.41. The molecule has 0 aliphatic heterocycles. The number of hydrogen-bond acceptors (Lipinski definition) is 3. The molecule has 0 fully saturated rings. The zero-order chi connectivity index (χ0) is 12.1. The summed E-state index contributed by atoms with van der Waals surface area (Å²) in [4.78, 5) is 0. The molecule has 0 aromatic heterocycles. The lowest BCUT2D eigenvalue weighted by atomic mass is 10.0. The van der Waals surface area contributed by atoms with Gasteiger partial charge in [0.2, 0.25) is 0 Å². The van der Waals surface area contributed by atoms with E-state index in [2.05, 4.69) is 0 Å². The van der Waals surface area contributed by atoms with E-state index < -0.39 is 0 Å². The molecular weight excluding hydrogens is 220 g/mol. The number of rotatable bonds is 4. The predicted molar refractivity (Wildman–Crippen MR) is 70.4 cm³/mol. The molecule has 0 radical (unpaired) electrons. The van der Waals surface area contributed by atoms with Crippen LogP contribution >= 0.6 is 12.2 Å². The Kier molecular flexibility index (Phi) is 4.74. The average molecular weight is 238 g/mol. The van der Waals surface area contributed by atoms with Crippen molar-refractivity contribution in [2.24, 2.45) is 0 Å². The van der Waals surface area contributed by atoms with Crippen LogP contribution in [0.4, 0.5) is 0 Å². The molecular formula is C13H18O2S. The minimum Gasteiger partial charge on any atom is -0.493 e. The van der Waals surface area contributed by atoms with Crippen molar-refractivity contribution in [3.05, 3.63) is 28.8 Å². The third-order valence-corrected chi connectivity index (χ3v) is 2.72. The van der Waals surface area contributed by atoms with Gasteiger partial charge in [-0.05, 0) is 51.5 Å². The van der Waals surface area contributed by atoms with Gasteiger partial charge in [0.25, 0.3) is 0 Å². The molecule has 0 aliphatic carbocycles. The van der Waals surface area contributed by atoms with Gasteiger partial charge in [-0.2, -0.15) is 0 Å². The molecule has 88 valence electrons. The molecule has 0 saturated carbocycles. The monoisotopic (exact) mass is 238 g/mol. The van der Waals surface area contributed by atoms with E-state index in [1.807, 2.05) is 39.8 Å². The Labute approximate surface area is 103 Å². The summed E-state index contributed by atoms with van der Waals surface area (Å²) in [5, 5.41) is 0.543. The van der Waals surface area contributed by atoms with Gasteiger partial charge in [0.05, 0.1) is 13.2 Å². The third kappa shape index (κ3) is 2.73. The Morgan fingerprint density at radius 3 is 2.44 bits per heavy atom. The molecule has 0 spiro atoms. The standard InChI is InChI=1S/C13H18O2S/c1-5-14-12-9(3)7-8-11(10(12)4)13(16)15-6-2/h7-8H,5-6H2,1-4H3. The van der Waals surface area contributed by atoms with Crippen molar-refractivity contribution in [2.75, 3.05) is 13.2 Å². The highest BCUT2D eigenvalue weighted by molar-refractivity contribution is 7.80. The first kappa shape index (κ1) is 13.0. The maximum atomic E-state index is 5.62. The van der Waals surface area contributed by atoms with Crippen LogP contribution in [0.3, 0.4) is 0 Å². The summed E-state index contributed by atoms with van der Waals surface area (Å²) >= 11 is 5.22. The molecule has 16 heavy (non-hydrogen) atoms. The quantitative estimate of drug-likeness (QED) is 0.749. The Balaban J connectivity index is 3.12. The van der Waals surface area contributed by atoms with Crippen molar-refractivity contribution in [1.82, 2.24) is 0 Å². The normalized spacial score (nSPS) is 10.0. The van der Waals surface area contributed by atoms with E-state index in [9.17, 15) is 0 Å². The van der Waals surface area contributed by atoms with Gasteiger partial charge >= 0.3 is 0 Å². The van der Waals surface area contributed by atoms with E-state index in [0.29, 0.717) is 18.3 Å². The lowest BCUT2D eigenvalue weighted by Crippen LogP contribution is -2.07. The zero-order valence-corrected chi connectivity index (χ0v) is 11.1. The number of hydrogen-bond donors (Lipinski definition) is 0. The number of aryl methyl sites for hydroxylation is 1. The largest absolute Gasteiger partial charge is 0.493 e. The van der Waals surface area contributed by atoms with Gasteiger partial charge < -0.3 is 9.47 Å². The number of thiocarbonyl (C=S) groups is 1. The Hall–Kier alpha value is -1.09. The van der Waals surface area contributed by atoms with Crippen molar-refractivity contribution in [3.8, 4) is 5.75 Å². The molecule has 3 heteroatoms. The fourth-order valence-corrected chi connectivity index (χ4v) is 1.96. The lowest BCUT2D eigenvalue weighted by Gasteiger charge is -2.15. The maximum absolute atomic E-state index is 5.62. The first-order chi connectivity index (χ1) is 7.61. The second kappa shape index (κ2) is 5.85. The second-order valence-electron chi connectivity index (χ2n) is 3.54. The molecule has 1 rings (SSSR count). The second-order valence-corrected chi connectivity index (χ2v) is 3.91. The first-order valence-corrected chi connectivity index (χ1v) is 5.92. The smallest absolute Gasteiger partial charge is 0.191 e. The summed E-state index contributed by atoms with van der Waals surface area (Å²) in [5.41, 5.74) is 3.13. The molecule has 0 amide bonds. The summed E-state index contributed by atoms with van der Waals surface area (Å²) in [6, 6.07) is 4.00. The molecule has 0 aliphatic rings. The molecule has 0 unspecified atom stereocenters. The minimum absolute atomic E-state index is 0.543.